The van der Waals surface area contributed by atoms with Crippen LogP contribution in [0.25, 0.3) is 10.9 Å². The fraction of sp³-hybridized carbons (Fsp3) is 0.0769. The lowest BCUT2D eigenvalue weighted by Crippen LogP contribution is -2.29. The van der Waals surface area contributed by atoms with Crippen LogP contribution in [0, 0.1) is 0 Å². The van der Waals surface area contributed by atoms with E-state index < -0.39 is 0 Å². The molecular formula is C13H11ClN2O2. The van der Waals surface area contributed by atoms with Crippen molar-refractivity contribution in [3.63, 3.8) is 0 Å². The molecule has 18 heavy (non-hydrogen) atoms. The minimum Gasteiger partial charge on any atom is -0.348 e. The molecule has 5 heteroatoms. The molecule has 4 nitrogen and oxygen atoms in total. The number of aryl methyl sites for hydroxylation is 1. The van der Waals surface area contributed by atoms with Gasteiger partial charge in [0.05, 0.1) is 5.69 Å². The fourth-order valence-corrected chi connectivity index (χ4v) is 2.14. The molecule has 0 atom stereocenters. The molecule has 2 amide bonds. The highest BCUT2D eigenvalue weighted by atomic mass is 35.5. The van der Waals surface area contributed by atoms with Gasteiger partial charge in [0, 0.05) is 36.3 Å². The summed E-state index contributed by atoms with van der Waals surface area (Å²) >= 11 is 0. The van der Waals surface area contributed by atoms with Crippen LogP contribution in [0.1, 0.15) is 0 Å². The smallest absolute Gasteiger partial charge is 0.258 e. The van der Waals surface area contributed by atoms with Crippen molar-refractivity contribution >= 4 is 40.8 Å². The summed E-state index contributed by atoms with van der Waals surface area (Å²) in [5.41, 5.74) is 1.64. The summed E-state index contributed by atoms with van der Waals surface area (Å²) in [5.74, 6) is -0.572. The molecule has 0 aliphatic carbocycles. The van der Waals surface area contributed by atoms with E-state index >= 15 is 0 Å². The third-order valence-corrected chi connectivity index (χ3v) is 2.93. The van der Waals surface area contributed by atoms with Crippen LogP contribution in [0.2, 0.25) is 0 Å². The van der Waals surface area contributed by atoms with Gasteiger partial charge < -0.3 is 4.57 Å². The standard InChI is InChI=1S/C13H10N2O2.ClH/c1-14-8-11(9-4-2-3-5-10(9)14)15-12(16)6-7-13(15)17;/h2-8H,1H3;1H. The third-order valence-electron chi connectivity index (χ3n) is 2.93. The van der Waals surface area contributed by atoms with E-state index in [0.29, 0.717) is 5.69 Å². The first-order valence-electron chi connectivity index (χ1n) is 5.28. The van der Waals surface area contributed by atoms with Crippen molar-refractivity contribution in [1.82, 2.24) is 4.57 Å². The Hall–Kier alpha value is -2.07. The molecule has 0 N–H and O–H groups in total. The highest BCUT2D eigenvalue weighted by Gasteiger charge is 2.27. The predicted molar refractivity (Wildman–Crippen MR) is 71.8 cm³/mol. The Bertz CT molecular complexity index is 655. The van der Waals surface area contributed by atoms with E-state index in [1.165, 1.54) is 17.1 Å². The van der Waals surface area contributed by atoms with E-state index in [1.54, 1.807) is 6.20 Å². The molecule has 0 saturated carbocycles. The SMILES string of the molecule is Cl.Cn1cc(N2C(=O)C=CC2=O)c2ccccc21. The molecule has 1 aromatic heterocycles. The van der Waals surface area contributed by atoms with Gasteiger partial charge in [0.25, 0.3) is 11.8 Å². The second-order valence-corrected chi connectivity index (χ2v) is 3.99. The molecule has 0 radical (unpaired) electrons. The molecule has 0 unspecified atom stereocenters. The maximum absolute atomic E-state index is 11.6. The number of hydrogen-bond donors (Lipinski definition) is 0. The lowest BCUT2D eigenvalue weighted by Gasteiger charge is -2.11. The fourth-order valence-electron chi connectivity index (χ4n) is 2.14. The number of fused-ring (bicyclic) bond motifs is 1. The van der Waals surface area contributed by atoms with Gasteiger partial charge in [0.1, 0.15) is 0 Å². The molecule has 1 aromatic carbocycles. The second-order valence-electron chi connectivity index (χ2n) is 3.99. The number of hydrogen-bond acceptors (Lipinski definition) is 2. The number of aromatic nitrogens is 1. The number of imide groups is 1. The van der Waals surface area contributed by atoms with Gasteiger partial charge in [0.15, 0.2) is 0 Å². The first-order valence-corrected chi connectivity index (χ1v) is 5.28. The average molecular weight is 263 g/mol. The molecular weight excluding hydrogens is 252 g/mol. The van der Waals surface area contributed by atoms with Crippen LogP contribution >= 0.6 is 12.4 Å². The highest BCUT2D eigenvalue weighted by molar-refractivity contribution is 6.30. The summed E-state index contributed by atoms with van der Waals surface area (Å²) in [6.45, 7) is 0. The van der Waals surface area contributed by atoms with E-state index in [2.05, 4.69) is 0 Å². The van der Waals surface area contributed by atoms with Gasteiger partial charge in [-0.2, -0.15) is 0 Å². The normalized spacial score (nSPS) is 14.4. The molecule has 2 aromatic rings. The number of rotatable bonds is 1. The van der Waals surface area contributed by atoms with Crippen LogP contribution in [0.4, 0.5) is 5.69 Å². The van der Waals surface area contributed by atoms with Gasteiger partial charge >= 0.3 is 0 Å². The Morgan fingerprint density at radius 3 is 2.28 bits per heavy atom. The lowest BCUT2D eigenvalue weighted by atomic mass is 10.2. The summed E-state index contributed by atoms with van der Waals surface area (Å²) < 4.78 is 1.91. The van der Waals surface area contributed by atoms with Crippen LogP contribution in [-0.4, -0.2) is 16.4 Å². The second kappa shape index (κ2) is 4.31. The number of carbonyl (C=O) groups excluding carboxylic acids is 2. The molecule has 1 aliphatic heterocycles. The van der Waals surface area contributed by atoms with Crippen molar-refractivity contribution in [2.75, 3.05) is 4.90 Å². The van der Waals surface area contributed by atoms with E-state index in [1.807, 2.05) is 35.9 Å². The molecule has 1 aliphatic rings. The Kier molecular flexibility index (Phi) is 2.97. The number of amides is 2. The Morgan fingerprint density at radius 2 is 1.61 bits per heavy atom. The van der Waals surface area contributed by atoms with Gasteiger partial charge in [-0.25, -0.2) is 4.90 Å². The van der Waals surface area contributed by atoms with E-state index in [0.717, 1.165) is 10.9 Å². The Morgan fingerprint density at radius 1 is 1.00 bits per heavy atom. The Labute approximate surface area is 110 Å². The summed E-state index contributed by atoms with van der Waals surface area (Å²) in [7, 11) is 1.89. The van der Waals surface area contributed by atoms with Crippen molar-refractivity contribution in [2.24, 2.45) is 7.05 Å². The van der Waals surface area contributed by atoms with Crippen molar-refractivity contribution in [3.8, 4) is 0 Å². The predicted octanol–water partition coefficient (Wildman–Crippen LogP) is 2.03. The summed E-state index contributed by atoms with van der Waals surface area (Å²) in [4.78, 5) is 24.5. The van der Waals surface area contributed by atoms with Gasteiger partial charge in [-0.05, 0) is 6.07 Å². The molecule has 0 saturated heterocycles. The Balaban J connectivity index is 0.00000120. The van der Waals surface area contributed by atoms with Crippen LogP contribution in [0.3, 0.4) is 0 Å². The number of anilines is 1. The largest absolute Gasteiger partial charge is 0.348 e. The monoisotopic (exact) mass is 262 g/mol. The molecule has 0 bridgehead atoms. The zero-order chi connectivity index (χ0) is 12.0. The number of halogens is 1. The minimum absolute atomic E-state index is 0. The number of carbonyl (C=O) groups is 2. The van der Waals surface area contributed by atoms with Crippen LogP contribution < -0.4 is 4.90 Å². The number of nitrogens with zero attached hydrogens (tertiary/aromatic N) is 2. The molecule has 92 valence electrons. The van der Waals surface area contributed by atoms with Gasteiger partial charge in [-0.3, -0.25) is 9.59 Å². The molecule has 0 spiro atoms. The van der Waals surface area contributed by atoms with Gasteiger partial charge in [-0.1, -0.05) is 18.2 Å². The van der Waals surface area contributed by atoms with Crippen molar-refractivity contribution < 1.29 is 9.59 Å². The van der Waals surface area contributed by atoms with Gasteiger partial charge in [-0.15, -0.1) is 12.4 Å². The first-order chi connectivity index (χ1) is 8.18. The molecule has 2 heterocycles. The summed E-state index contributed by atoms with van der Waals surface area (Å²) in [6.07, 6.45) is 4.39. The van der Waals surface area contributed by atoms with E-state index in [4.69, 9.17) is 0 Å². The minimum atomic E-state index is -0.286. The van der Waals surface area contributed by atoms with Gasteiger partial charge in [0.2, 0.25) is 0 Å². The van der Waals surface area contributed by atoms with Crippen molar-refractivity contribution in [3.05, 3.63) is 42.6 Å². The van der Waals surface area contributed by atoms with Crippen LogP contribution in [0.15, 0.2) is 42.6 Å². The van der Waals surface area contributed by atoms with Crippen LogP contribution in [-0.2, 0) is 16.6 Å². The zero-order valence-corrected chi connectivity index (χ0v) is 10.5. The number of benzene rings is 1. The quantitative estimate of drug-likeness (QED) is 0.738. The third kappa shape index (κ3) is 1.62. The molecule has 0 fully saturated rings. The zero-order valence-electron chi connectivity index (χ0n) is 9.66. The van der Waals surface area contributed by atoms with Crippen LogP contribution in [0.5, 0.6) is 0 Å². The van der Waals surface area contributed by atoms with Crippen molar-refractivity contribution in [2.45, 2.75) is 0 Å². The maximum Gasteiger partial charge on any atom is 0.258 e. The topological polar surface area (TPSA) is 42.3 Å². The number of para-hydroxylation sites is 1. The van der Waals surface area contributed by atoms with Crippen molar-refractivity contribution in [1.29, 1.82) is 0 Å². The van der Waals surface area contributed by atoms with E-state index in [-0.39, 0.29) is 24.2 Å². The van der Waals surface area contributed by atoms with E-state index in [9.17, 15) is 9.59 Å². The summed E-state index contributed by atoms with van der Waals surface area (Å²) in [5, 5.41) is 0.903. The summed E-state index contributed by atoms with van der Waals surface area (Å²) in [6, 6.07) is 7.68. The molecule has 3 rings (SSSR count). The average Bonchev–Trinajstić information content (AvgIpc) is 2.82. The first kappa shape index (κ1) is 12.4. The lowest BCUT2D eigenvalue weighted by molar-refractivity contribution is -0.119. The highest BCUT2D eigenvalue weighted by Crippen LogP contribution is 2.30. The maximum atomic E-state index is 11.6.